The zero-order chi connectivity index (χ0) is 7.98. The number of ketones is 1. The summed E-state index contributed by atoms with van der Waals surface area (Å²) in [5, 5.41) is 0.185. The average molecular weight is 209 g/mol. The topological polar surface area (TPSA) is 43.4 Å². The normalized spacial score (nSPS) is 9.00. The van der Waals surface area contributed by atoms with Crippen LogP contribution in [0.5, 0.6) is 0 Å². The molecule has 10 heavy (non-hydrogen) atoms. The first kappa shape index (κ1) is 9.62. The van der Waals surface area contributed by atoms with Crippen molar-refractivity contribution in [3.05, 3.63) is 0 Å². The Labute approximate surface area is 67.9 Å². The van der Waals surface area contributed by atoms with Crippen molar-refractivity contribution in [1.29, 1.82) is 0 Å². The van der Waals surface area contributed by atoms with Crippen molar-refractivity contribution in [2.45, 2.75) is 13.3 Å². The van der Waals surface area contributed by atoms with Gasteiger partial charge in [-0.3, -0.25) is 9.59 Å². The average Bonchev–Trinajstić information content (AvgIpc) is 1.87. The molecule has 0 heterocycles. The SMILES string of the molecule is CC(=O)CCOC(=O)CBr. The molecule has 58 valence electrons. The van der Waals surface area contributed by atoms with Crippen molar-refractivity contribution in [3.63, 3.8) is 0 Å². The lowest BCUT2D eigenvalue weighted by atomic mass is 10.3. The van der Waals surface area contributed by atoms with Crippen LogP contribution in [0.3, 0.4) is 0 Å². The molecule has 0 fully saturated rings. The van der Waals surface area contributed by atoms with Gasteiger partial charge in [-0.15, -0.1) is 0 Å². The zero-order valence-corrected chi connectivity index (χ0v) is 7.31. The summed E-state index contributed by atoms with van der Waals surface area (Å²) >= 11 is 2.92. The third-order valence-corrected chi connectivity index (χ3v) is 1.28. The summed E-state index contributed by atoms with van der Waals surface area (Å²) < 4.78 is 4.60. The number of ether oxygens (including phenoxy) is 1. The molecule has 4 heteroatoms. The smallest absolute Gasteiger partial charge is 0.316 e. The Morgan fingerprint density at radius 1 is 1.50 bits per heavy atom. The Morgan fingerprint density at radius 3 is 2.50 bits per heavy atom. The molecule has 0 aliphatic carbocycles. The van der Waals surface area contributed by atoms with E-state index in [9.17, 15) is 9.59 Å². The third kappa shape index (κ3) is 5.75. The lowest BCUT2D eigenvalue weighted by Crippen LogP contribution is -2.08. The maximum atomic E-state index is 10.4. The quantitative estimate of drug-likeness (QED) is 0.510. The van der Waals surface area contributed by atoms with Crippen LogP contribution in [0.4, 0.5) is 0 Å². The van der Waals surface area contributed by atoms with Crippen LogP contribution in [0, 0.1) is 0 Å². The molecule has 0 rings (SSSR count). The second-order valence-electron chi connectivity index (χ2n) is 1.81. The number of hydrogen-bond acceptors (Lipinski definition) is 3. The standard InChI is InChI=1S/C6H9BrO3/c1-5(8)2-3-10-6(9)4-7/h2-4H2,1H3. The molecule has 0 amide bonds. The van der Waals surface area contributed by atoms with Crippen molar-refractivity contribution >= 4 is 27.7 Å². The summed E-state index contributed by atoms with van der Waals surface area (Å²) in [6.45, 7) is 1.65. The minimum absolute atomic E-state index is 0.0300. The Morgan fingerprint density at radius 2 is 2.10 bits per heavy atom. The molecule has 0 atom stereocenters. The number of carbonyl (C=O) groups is 2. The summed E-state index contributed by atoms with van der Waals surface area (Å²) in [5.74, 6) is -0.302. The number of alkyl halides is 1. The molecule has 0 unspecified atom stereocenters. The lowest BCUT2D eigenvalue weighted by molar-refractivity contribution is -0.140. The van der Waals surface area contributed by atoms with E-state index in [0.29, 0.717) is 6.42 Å². The van der Waals surface area contributed by atoms with E-state index in [-0.39, 0.29) is 23.7 Å². The fourth-order valence-corrected chi connectivity index (χ4v) is 0.509. The number of Topliss-reactive ketones (excluding diaryl/α,β-unsaturated/α-hetero) is 1. The number of esters is 1. The van der Waals surface area contributed by atoms with Gasteiger partial charge in [0.2, 0.25) is 0 Å². The Hall–Kier alpha value is -0.380. The van der Waals surface area contributed by atoms with Crippen LogP contribution in [0.2, 0.25) is 0 Å². The van der Waals surface area contributed by atoms with E-state index >= 15 is 0 Å². The van der Waals surface area contributed by atoms with Crippen LogP contribution < -0.4 is 0 Å². The van der Waals surface area contributed by atoms with Crippen LogP contribution in [0.15, 0.2) is 0 Å². The van der Waals surface area contributed by atoms with E-state index in [2.05, 4.69) is 20.7 Å². The van der Waals surface area contributed by atoms with Crippen molar-refractivity contribution in [1.82, 2.24) is 0 Å². The molecule has 0 aromatic rings. The van der Waals surface area contributed by atoms with Gasteiger partial charge in [-0.2, -0.15) is 0 Å². The van der Waals surface area contributed by atoms with Gasteiger partial charge in [-0.25, -0.2) is 0 Å². The molecular formula is C6H9BrO3. The fraction of sp³-hybridized carbons (Fsp3) is 0.667. The van der Waals surface area contributed by atoms with Crippen molar-refractivity contribution in [2.24, 2.45) is 0 Å². The molecule has 0 aliphatic heterocycles. The molecule has 0 aliphatic rings. The van der Waals surface area contributed by atoms with Crippen LogP contribution in [0.1, 0.15) is 13.3 Å². The first-order valence-corrected chi connectivity index (χ1v) is 4.00. The number of halogens is 1. The predicted octanol–water partition coefficient (Wildman–Crippen LogP) is 0.904. The highest BCUT2D eigenvalue weighted by Crippen LogP contribution is 1.88. The fourth-order valence-electron chi connectivity index (χ4n) is 0.347. The number of rotatable bonds is 4. The molecule has 3 nitrogen and oxygen atoms in total. The second kappa shape index (κ2) is 5.41. The Bertz CT molecular complexity index is 133. The Balaban J connectivity index is 3.20. The highest BCUT2D eigenvalue weighted by atomic mass is 79.9. The van der Waals surface area contributed by atoms with Gasteiger partial charge in [0.1, 0.15) is 11.1 Å². The predicted molar refractivity (Wildman–Crippen MR) is 40.1 cm³/mol. The highest BCUT2D eigenvalue weighted by molar-refractivity contribution is 9.09. The summed E-state index contributed by atoms with van der Waals surface area (Å²) in [4.78, 5) is 20.7. The minimum Gasteiger partial charge on any atom is -0.465 e. The first-order chi connectivity index (χ1) is 4.66. The monoisotopic (exact) mass is 208 g/mol. The van der Waals surface area contributed by atoms with Gasteiger partial charge in [0.25, 0.3) is 0 Å². The molecule has 0 N–H and O–H groups in total. The summed E-state index contributed by atoms with van der Waals surface area (Å²) in [5.41, 5.74) is 0. The van der Waals surface area contributed by atoms with Crippen molar-refractivity contribution in [3.8, 4) is 0 Å². The number of carbonyl (C=O) groups excluding carboxylic acids is 2. The van der Waals surface area contributed by atoms with Gasteiger partial charge >= 0.3 is 5.97 Å². The van der Waals surface area contributed by atoms with Crippen LogP contribution in [-0.2, 0) is 14.3 Å². The van der Waals surface area contributed by atoms with Crippen LogP contribution in [-0.4, -0.2) is 23.7 Å². The van der Waals surface area contributed by atoms with E-state index in [1.807, 2.05) is 0 Å². The van der Waals surface area contributed by atoms with E-state index in [0.717, 1.165) is 0 Å². The molecule has 0 saturated heterocycles. The van der Waals surface area contributed by atoms with E-state index in [1.54, 1.807) is 0 Å². The molecular weight excluding hydrogens is 200 g/mol. The van der Waals surface area contributed by atoms with Gasteiger partial charge in [-0.05, 0) is 6.92 Å². The first-order valence-electron chi connectivity index (χ1n) is 2.88. The number of hydrogen-bond donors (Lipinski definition) is 0. The summed E-state index contributed by atoms with van der Waals surface area (Å²) in [6.07, 6.45) is 0.304. The Kier molecular flexibility index (Phi) is 5.20. The molecule has 0 aromatic heterocycles. The van der Waals surface area contributed by atoms with Crippen molar-refractivity contribution < 1.29 is 14.3 Å². The van der Waals surface area contributed by atoms with E-state index < -0.39 is 0 Å². The maximum absolute atomic E-state index is 10.4. The lowest BCUT2D eigenvalue weighted by Gasteiger charge is -1.98. The zero-order valence-electron chi connectivity index (χ0n) is 5.72. The van der Waals surface area contributed by atoms with Crippen molar-refractivity contribution in [2.75, 3.05) is 11.9 Å². The molecule has 0 aromatic carbocycles. The van der Waals surface area contributed by atoms with Crippen LogP contribution in [0.25, 0.3) is 0 Å². The van der Waals surface area contributed by atoms with Gasteiger partial charge < -0.3 is 4.74 Å². The molecule has 0 bridgehead atoms. The molecule has 0 spiro atoms. The van der Waals surface area contributed by atoms with Gasteiger partial charge in [-0.1, -0.05) is 15.9 Å². The van der Waals surface area contributed by atoms with Gasteiger partial charge in [0.05, 0.1) is 6.61 Å². The minimum atomic E-state index is -0.332. The third-order valence-electron chi connectivity index (χ3n) is 0.826. The summed E-state index contributed by atoms with van der Waals surface area (Å²) in [7, 11) is 0. The second-order valence-corrected chi connectivity index (χ2v) is 2.37. The largest absolute Gasteiger partial charge is 0.465 e. The van der Waals surface area contributed by atoms with E-state index in [4.69, 9.17) is 0 Å². The highest BCUT2D eigenvalue weighted by Gasteiger charge is 1.99. The maximum Gasteiger partial charge on any atom is 0.316 e. The van der Waals surface area contributed by atoms with Crippen LogP contribution >= 0.6 is 15.9 Å². The van der Waals surface area contributed by atoms with E-state index in [1.165, 1.54) is 6.92 Å². The summed E-state index contributed by atoms with van der Waals surface area (Å²) in [6, 6.07) is 0. The van der Waals surface area contributed by atoms with Gasteiger partial charge in [0.15, 0.2) is 0 Å². The van der Waals surface area contributed by atoms with Gasteiger partial charge in [0, 0.05) is 6.42 Å². The molecule has 0 saturated carbocycles. The molecule has 0 radical (unpaired) electrons.